The minimum atomic E-state index is -0.148. The number of amides is 1. The van der Waals surface area contributed by atoms with E-state index in [0.29, 0.717) is 5.69 Å². The lowest BCUT2D eigenvalue weighted by Crippen LogP contribution is -2.32. The molecular formula is C26H23N3O. The number of benzene rings is 2. The maximum absolute atomic E-state index is 13.4. The second-order valence-electron chi connectivity index (χ2n) is 7.78. The van der Waals surface area contributed by atoms with Gasteiger partial charge in [0.05, 0.1) is 11.8 Å². The highest BCUT2D eigenvalue weighted by Crippen LogP contribution is 2.44. The summed E-state index contributed by atoms with van der Waals surface area (Å²) in [5.74, 6) is 0.0502. The number of hydrazone groups is 1. The molecule has 1 saturated carbocycles. The predicted octanol–water partition coefficient (Wildman–Crippen LogP) is 5.52. The summed E-state index contributed by atoms with van der Waals surface area (Å²) < 4.78 is 0. The summed E-state index contributed by atoms with van der Waals surface area (Å²) in [5, 5.41) is 6.58. The van der Waals surface area contributed by atoms with Crippen molar-refractivity contribution in [2.45, 2.75) is 25.3 Å². The first-order valence-electron chi connectivity index (χ1n) is 10.5. The first-order valence-corrected chi connectivity index (χ1v) is 10.5. The van der Waals surface area contributed by atoms with Crippen LogP contribution in [-0.4, -0.2) is 21.6 Å². The fourth-order valence-corrected chi connectivity index (χ4v) is 4.51. The molecule has 2 aliphatic rings. The molecule has 2 atom stereocenters. The molecule has 1 aliphatic carbocycles. The molecule has 4 heteroatoms. The normalized spacial score (nSPS) is 21.9. The molecule has 2 heterocycles. The van der Waals surface area contributed by atoms with Crippen molar-refractivity contribution in [2.24, 2.45) is 11.0 Å². The maximum Gasteiger partial charge on any atom is 0.293 e. The van der Waals surface area contributed by atoms with E-state index in [0.717, 1.165) is 30.5 Å². The number of aromatic nitrogens is 1. The summed E-state index contributed by atoms with van der Waals surface area (Å²) in [6.45, 7) is 0. The zero-order chi connectivity index (χ0) is 20.3. The first-order chi connectivity index (χ1) is 14.8. The molecule has 1 fully saturated rings. The highest BCUT2D eigenvalue weighted by molar-refractivity contribution is 6.09. The van der Waals surface area contributed by atoms with E-state index in [1.807, 2.05) is 48.5 Å². The van der Waals surface area contributed by atoms with Gasteiger partial charge in [0.25, 0.3) is 5.91 Å². The van der Waals surface area contributed by atoms with Gasteiger partial charge in [-0.05, 0) is 54.2 Å². The second kappa shape index (κ2) is 8.07. The van der Waals surface area contributed by atoms with Crippen molar-refractivity contribution in [1.82, 2.24) is 9.99 Å². The SMILES string of the molecule is O=C(c1ccccn1)N1N=C2/C(=C/c3ccccc3)CCC[C@@H]2[C@H]1c1ccccc1. The van der Waals surface area contributed by atoms with Crippen molar-refractivity contribution in [2.75, 3.05) is 0 Å². The van der Waals surface area contributed by atoms with E-state index in [4.69, 9.17) is 5.10 Å². The standard InChI is InChI=1S/C26H23N3O/c30-26(23-16-7-8-17-27-23)29-25(20-12-5-2-6-13-20)22-15-9-14-21(24(22)28-29)18-19-10-3-1-4-11-19/h1-8,10-13,16-18,22,25H,9,14-15H2/b21-18+/t22-,25+/m0/s1. The third-order valence-corrected chi connectivity index (χ3v) is 5.88. The van der Waals surface area contributed by atoms with Crippen LogP contribution < -0.4 is 0 Å². The fourth-order valence-electron chi connectivity index (χ4n) is 4.51. The van der Waals surface area contributed by atoms with Gasteiger partial charge in [0, 0.05) is 12.1 Å². The fraction of sp³-hybridized carbons (Fsp3) is 0.192. The molecule has 0 radical (unpaired) electrons. The van der Waals surface area contributed by atoms with Crippen molar-refractivity contribution >= 4 is 17.7 Å². The minimum absolute atomic E-state index is 0.102. The Bertz CT molecular complexity index is 1090. The van der Waals surface area contributed by atoms with Crippen LogP contribution in [0.1, 0.15) is 46.9 Å². The molecule has 4 nitrogen and oxygen atoms in total. The van der Waals surface area contributed by atoms with E-state index in [2.05, 4.69) is 35.3 Å². The van der Waals surface area contributed by atoms with Crippen LogP contribution in [0, 0.1) is 5.92 Å². The lowest BCUT2D eigenvalue weighted by atomic mass is 9.77. The predicted molar refractivity (Wildman–Crippen MR) is 119 cm³/mol. The van der Waals surface area contributed by atoms with Gasteiger partial charge in [-0.1, -0.05) is 66.7 Å². The molecule has 0 bridgehead atoms. The molecule has 0 unspecified atom stereocenters. The third-order valence-electron chi connectivity index (χ3n) is 5.88. The van der Waals surface area contributed by atoms with Crippen LogP contribution in [-0.2, 0) is 0 Å². The van der Waals surface area contributed by atoms with E-state index < -0.39 is 0 Å². The molecule has 0 N–H and O–H groups in total. The summed E-state index contributed by atoms with van der Waals surface area (Å²) in [4.78, 5) is 17.7. The Morgan fingerprint density at radius 3 is 2.40 bits per heavy atom. The topological polar surface area (TPSA) is 45.6 Å². The molecule has 0 saturated heterocycles. The largest absolute Gasteiger partial charge is 0.293 e. The number of pyridine rings is 1. The van der Waals surface area contributed by atoms with Crippen molar-refractivity contribution in [3.05, 3.63) is 107 Å². The number of carbonyl (C=O) groups is 1. The molecule has 1 aliphatic heterocycles. The second-order valence-corrected chi connectivity index (χ2v) is 7.78. The third kappa shape index (κ3) is 3.45. The summed E-state index contributed by atoms with van der Waals surface area (Å²) >= 11 is 0. The maximum atomic E-state index is 13.4. The summed E-state index contributed by atoms with van der Waals surface area (Å²) in [7, 11) is 0. The molecular weight excluding hydrogens is 370 g/mol. The highest BCUT2D eigenvalue weighted by atomic mass is 16.2. The van der Waals surface area contributed by atoms with Crippen molar-refractivity contribution in [3.63, 3.8) is 0 Å². The number of carbonyl (C=O) groups excluding carboxylic acids is 1. The number of hydrogen-bond acceptors (Lipinski definition) is 3. The Balaban J connectivity index is 1.58. The average Bonchev–Trinajstić information content (AvgIpc) is 3.21. The molecule has 2 aromatic carbocycles. The number of nitrogens with zero attached hydrogens (tertiary/aromatic N) is 3. The van der Waals surface area contributed by atoms with Gasteiger partial charge in [0.1, 0.15) is 5.69 Å². The van der Waals surface area contributed by atoms with Crippen molar-refractivity contribution in [1.29, 1.82) is 0 Å². The Kier molecular flexibility index (Phi) is 4.98. The van der Waals surface area contributed by atoms with Gasteiger partial charge >= 0.3 is 0 Å². The van der Waals surface area contributed by atoms with Gasteiger partial charge in [-0.3, -0.25) is 9.78 Å². The Morgan fingerprint density at radius 2 is 1.67 bits per heavy atom. The zero-order valence-electron chi connectivity index (χ0n) is 16.7. The van der Waals surface area contributed by atoms with Gasteiger partial charge in [-0.15, -0.1) is 0 Å². The molecule has 148 valence electrons. The summed E-state index contributed by atoms with van der Waals surface area (Å²) in [5.41, 5.74) is 4.99. The van der Waals surface area contributed by atoms with Crippen LogP contribution in [0.5, 0.6) is 0 Å². The number of rotatable bonds is 3. The van der Waals surface area contributed by atoms with Crippen LogP contribution in [0.25, 0.3) is 6.08 Å². The van der Waals surface area contributed by atoms with Crippen LogP contribution in [0.15, 0.2) is 95.7 Å². The first kappa shape index (κ1) is 18.5. The smallest absolute Gasteiger partial charge is 0.265 e. The molecule has 3 aromatic rings. The van der Waals surface area contributed by atoms with Crippen molar-refractivity contribution in [3.8, 4) is 0 Å². The monoisotopic (exact) mass is 393 g/mol. The van der Waals surface area contributed by atoms with E-state index in [1.165, 1.54) is 11.1 Å². The van der Waals surface area contributed by atoms with Crippen molar-refractivity contribution < 1.29 is 4.79 Å². The summed E-state index contributed by atoms with van der Waals surface area (Å²) in [6, 6.07) is 25.9. The Morgan fingerprint density at radius 1 is 0.933 bits per heavy atom. The van der Waals surface area contributed by atoms with Gasteiger partial charge < -0.3 is 0 Å². The van der Waals surface area contributed by atoms with Crippen LogP contribution in [0.4, 0.5) is 0 Å². The van der Waals surface area contributed by atoms with Gasteiger partial charge in [-0.2, -0.15) is 5.10 Å². The van der Waals surface area contributed by atoms with Crippen LogP contribution in [0.2, 0.25) is 0 Å². The van der Waals surface area contributed by atoms with E-state index >= 15 is 0 Å². The molecule has 1 aromatic heterocycles. The minimum Gasteiger partial charge on any atom is -0.265 e. The number of fused-ring (bicyclic) bond motifs is 1. The quantitative estimate of drug-likeness (QED) is 0.588. The van der Waals surface area contributed by atoms with E-state index in [-0.39, 0.29) is 17.9 Å². The number of allylic oxidation sites excluding steroid dienone is 1. The summed E-state index contributed by atoms with van der Waals surface area (Å²) in [6.07, 6.45) is 6.98. The van der Waals surface area contributed by atoms with E-state index in [9.17, 15) is 4.79 Å². The van der Waals surface area contributed by atoms with E-state index in [1.54, 1.807) is 17.3 Å². The Hall–Kier alpha value is -3.53. The Labute approximate surface area is 176 Å². The molecule has 30 heavy (non-hydrogen) atoms. The highest BCUT2D eigenvalue weighted by Gasteiger charge is 2.44. The van der Waals surface area contributed by atoms with Crippen LogP contribution >= 0.6 is 0 Å². The molecule has 1 amide bonds. The number of hydrogen-bond donors (Lipinski definition) is 0. The van der Waals surface area contributed by atoms with Gasteiger partial charge in [-0.25, -0.2) is 5.01 Å². The lowest BCUT2D eigenvalue weighted by molar-refractivity contribution is 0.0675. The zero-order valence-corrected chi connectivity index (χ0v) is 16.7. The lowest BCUT2D eigenvalue weighted by Gasteiger charge is -2.29. The molecule has 5 rings (SSSR count). The average molecular weight is 393 g/mol. The van der Waals surface area contributed by atoms with Crippen LogP contribution in [0.3, 0.4) is 0 Å². The molecule has 0 spiro atoms. The van der Waals surface area contributed by atoms with Gasteiger partial charge in [0.2, 0.25) is 0 Å². The van der Waals surface area contributed by atoms with Gasteiger partial charge in [0.15, 0.2) is 0 Å².